The third kappa shape index (κ3) is 3.42. The highest BCUT2D eigenvalue weighted by molar-refractivity contribution is 7.14. The lowest BCUT2D eigenvalue weighted by Gasteiger charge is -2.33. The second-order valence-corrected chi connectivity index (χ2v) is 8.86. The smallest absolute Gasteiger partial charge is 0.261 e. The number of nitrogens with zero attached hydrogens (tertiary/aromatic N) is 2. The number of hydrogen-bond acceptors (Lipinski definition) is 4. The first kappa shape index (κ1) is 17.9. The molecule has 0 aromatic carbocycles. The Kier molecular flexibility index (Phi) is 4.62. The van der Waals surface area contributed by atoms with Gasteiger partial charge in [0.1, 0.15) is 0 Å². The largest absolute Gasteiger partial charge is 0.354 e. The van der Waals surface area contributed by atoms with Crippen LogP contribution in [0.25, 0.3) is 0 Å². The lowest BCUT2D eigenvalue weighted by atomic mass is 10.0. The first-order valence-corrected chi connectivity index (χ1v) is 9.45. The number of amides is 3. The van der Waals surface area contributed by atoms with Crippen LogP contribution in [0.4, 0.5) is 0 Å². The van der Waals surface area contributed by atoms with Gasteiger partial charge in [-0.25, -0.2) is 0 Å². The van der Waals surface area contributed by atoms with Crippen molar-refractivity contribution in [3.05, 3.63) is 21.4 Å². The highest BCUT2D eigenvalue weighted by atomic mass is 32.1. The quantitative estimate of drug-likeness (QED) is 0.868. The van der Waals surface area contributed by atoms with Crippen LogP contribution in [0.15, 0.2) is 6.07 Å². The first-order chi connectivity index (χ1) is 11.7. The second-order valence-electron chi connectivity index (χ2n) is 7.72. The number of hydrogen-bond donors (Lipinski definition) is 1. The van der Waals surface area contributed by atoms with Crippen LogP contribution in [0.3, 0.4) is 0 Å². The van der Waals surface area contributed by atoms with Gasteiger partial charge in [0, 0.05) is 43.5 Å². The molecule has 2 aliphatic heterocycles. The van der Waals surface area contributed by atoms with Crippen LogP contribution in [0, 0.1) is 5.92 Å². The molecule has 1 N–H and O–H groups in total. The number of rotatable bonds is 2. The minimum Gasteiger partial charge on any atom is -0.354 e. The minimum absolute atomic E-state index is 0.0541. The van der Waals surface area contributed by atoms with E-state index >= 15 is 0 Å². The Morgan fingerprint density at radius 3 is 2.64 bits per heavy atom. The molecule has 3 heterocycles. The average Bonchev–Trinajstić information content (AvgIpc) is 3.15. The third-order valence-corrected chi connectivity index (χ3v) is 6.15. The summed E-state index contributed by atoms with van der Waals surface area (Å²) in [6, 6.07) is 1.89. The Bertz CT molecular complexity index is 720. The summed E-state index contributed by atoms with van der Waals surface area (Å²) in [7, 11) is 1.62. The van der Waals surface area contributed by atoms with Crippen molar-refractivity contribution in [2.75, 3.05) is 20.1 Å². The van der Waals surface area contributed by atoms with Gasteiger partial charge in [-0.3, -0.25) is 14.4 Å². The average molecular weight is 363 g/mol. The van der Waals surface area contributed by atoms with Crippen molar-refractivity contribution >= 4 is 29.1 Å². The summed E-state index contributed by atoms with van der Waals surface area (Å²) in [5.41, 5.74) is 0.803. The van der Waals surface area contributed by atoms with Crippen LogP contribution in [0.2, 0.25) is 0 Å². The molecule has 0 spiro atoms. The number of likely N-dealkylation sites (tertiary alicyclic amines) is 1. The molecule has 136 valence electrons. The molecule has 1 saturated heterocycles. The molecule has 25 heavy (non-hydrogen) atoms. The van der Waals surface area contributed by atoms with Gasteiger partial charge in [0.05, 0.1) is 10.8 Å². The summed E-state index contributed by atoms with van der Waals surface area (Å²) in [5.74, 6) is -0.232. The lowest BCUT2D eigenvalue weighted by molar-refractivity contribution is -0.136. The Hall–Kier alpha value is -1.89. The molecular weight excluding hydrogens is 338 g/mol. The van der Waals surface area contributed by atoms with E-state index in [-0.39, 0.29) is 29.2 Å². The topological polar surface area (TPSA) is 69.7 Å². The molecule has 1 fully saturated rings. The van der Waals surface area contributed by atoms with E-state index in [0.29, 0.717) is 30.9 Å². The molecule has 3 amide bonds. The highest BCUT2D eigenvalue weighted by Gasteiger charge is 2.41. The molecule has 0 unspecified atom stereocenters. The van der Waals surface area contributed by atoms with Crippen LogP contribution in [0.1, 0.15) is 47.3 Å². The van der Waals surface area contributed by atoms with Gasteiger partial charge < -0.3 is 15.1 Å². The van der Waals surface area contributed by atoms with E-state index in [2.05, 4.69) is 5.32 Å². The number of carbonyl (C=O) groups excluding carboxylic acids is 3. The Labute approximate surface area is 152 Å². The maximum Gasteiger partial charge on any atom is 0.261 e. The van der Waals surface area contributed by atoms with Gasteiger partial charge in [-0.15, -0.1) is 11.3 Å². The number of carbonyl (C=O) groups is 3. The van der Waals surface area contributed by atoms with Crippen LogP contribution in [-0.4, -0.2) is 53.2 Å². The van der Waals surface area contributed by atoms with E-state index in [4.69, 9.17) is 0 Å². The Morgan fingerprint density at radius 1 is 1.32 bits per heavy atom. The van der Waals surface area contributed by atoms with Crippen molar-refractivity contribution in [3.8, 4) is 0 Å². The fraction of sp³-hybridized carbons (Fsp3) is 0.611. The van der Waals surface area contributed by atoms with Crippen molar-refractivity contribution in [2.45, 2.75) is 45.7 Å². The van der Waals surface area contributed by atoms with Crippen LogP contribution in [-0.2, 0) is 22.6 Å². The van der Waals surface area contributed by atoms with E-state index in [9.17, 15) is 14.4 Å². The summed E-state index contributed by atoms with van der Waals surface area (Å²) in [6.45, 7) is 7.67. The van der Waals surface area contributed by atoms with Gasteiger partial charge in [0.2, 0.25) is 11.8 Å². The summed E-state index contributed by atoms with van der Waals surface area (Å²) in [6.07, 6.45) is 1.07. The highest BCUT2D eigenvalue weighted by Crippen LogP contribution is 2.31. The lowest BCUT2D eigenvalue weighted by Crippen LogP contribution is -2.44. The zero-order valence-electron chi connectivity index (χ0n) is 15.2. The van der Waals surface area contributed by atoms with Crippen LogP contribution >= 0.6 is 11.3 Å². The zero-order valence-corrected chi connectivity index (χ0v) is 16.0. The fourth-order valence-corrected chi connectivity index (χ4v) is 4.64. The predicted octanol–water partition coefficient (Wildman–Crippen LogP) is 1.64. The summed E-state index contributed by atoms with van der Waals surface area (Å²) < 4.78 is 0. The van der Waals surface area contributed by atoms with Gasteiger partial charge in [-0.05, 0) is 38.8 Å². The maximum atomic E-state index is 12.9. The monoisotopic (exact) mass is 363 g/mol. The molecule has 7 heteroatoms. The normalized spacial score (nSPS) is 20.6. The first-order valence-electron chi connectivity index (χ1n) is 8.63. The molecule has 3 rings (SSSR count). The van der Waals surface area contributed by atoms with Gasteiger partial charge >= 0.3 is 0 Å². The van der Waals surface area contributed by atoms with Crippen LogP contribution < -0.4 is 5.32 Å². The van der Waals surface area contributed by atoms with E-state index in [1.807, 2.05) is 31.7 Å². The molecule has 1 aromatic rings. The molecule has 0 radical (unpaired) electrons. The number of fused-ring (bicyclic) bond motifs is 1. The molecule has 0 bridgehead atoms. The molecule has 2 aliphatic rings. The molecule has 0 aliphatic carbocycles. The van der Waals surface area contributed by atoms with Crippen LogP contribution in [0.5, 0.6) is 0 Å². The summed E-state index contributed by atoms with van der Waals surface area (Å²) in [5, 5.41) is 2.64. The molecule has 0 saturated carbocycles. The molecule has 1 aromatic heterocycles. The molecular formula is C18H25N3O3S. The van der Waals surface area contributed by atoms with Crippen molar-refractivity contribution in [3.63, 3.8) is 0 Å². The van der Waals surface area contributed by atoms with E-state index < -0.39 is 0 Å². The Balaban J connectivity index is 1.70. The Morgan fingerprint density at radius 2 is 2.04 bits per heavy atom. The van der Waals surface area contributed by atoms with Crippen molar-refractivity contribution in [1.82, 2.24) is 15.1 Å². The van der Waals surface area contributed by atoms with Gasteiger partial charge in [0.15, 0.2) is 0 Å². The standard InChI is InChI=1S/C18H25N3O3S/c1-18(2,3)21-10-12(8-15(21)22)17(24)20-6-5-13-11(9-20)7-14(25-13)16(23)19-4/h7,12H,5-6,8-10H2,1-4H3,(H,19,23)/t12-/m0/s1. The second kappa shape index (κ2) is 6.44. The number of nitrogens with one attached hydrogen (secondary N) is 1. The van der Waals surface area contributed by atoms with Crippen molar-refractivity contribution in [2.24, 2.45) is 5.92 Å². The van der Waals surface area contributed by atoms with Crippen molar-refractivity contribution in [1.29, 1.82) is 0 Å². The van der Waals surface area contributed by atoms with Gasteiger partial charge in [-0.2, -0.15) is 0 Å². The predicted molar refractivity (Wildman–Crippen MR) is 96.4 cm³/mol. The summed E-state index contributed by atoms with van der Waals surface area (Å²) in [4.78, 5) is 42.5. The van der Waals surface area contributed by atoms with E-state index in [1.165, 1.54) is 16.2 Å². The van der Waals surface area contributed by atoms with Crippen molar-refractivity contribution < 1.29 is 14.4 Å². The fourth-order valence-electron chi connectivity index (χ4n) is 3.54. The zero-order chi connectivity index (χ0) is 18.4. The van der Waals surface area contributed by atoms with E-state index in [1.54, 1.807) is 11.9 Å². The molecule has 1 atom stereocenters. The van der Waals surface area contributed by atoms with Gasteiger partial charge in [0.25, 0.3) is 5.91 Å². The van der Waals surface area contributed by atoms with E-state index in [0.717, 1.165) is 12.0 Å². The molecule has 6 nitrogen and oxygen atoms in total. The third-order valence-electron chi connectivity index (χ3n) is 4.91. The SMILES string of the molecule is CNC(=O)c1cc2c(s1)CCN(C(=O)[C@H]1CC(=O)N(C(C)(C)C)C1)C2. The summed E-state index contributed by atoms with van der Waals surface area (Å²) >= 11 is 1.51. The number of thiophene rings is 1. The van der Waals surface area contributed by atoms with Gasteiger partial charge in [-0.1, -0.05) is 0 Å². The maximum absolute atomic E-state index is 12.9. The minimum atomic E-state index is -0.259.